The van der Waals surface area contributed by atoms with Crippen LogP contribution in [0.1, 0.15) is 11.1 Å². The smallest absolute Gasteiger partial charge is 0.271 e. The van der Waals surface area contributed by atoms with E-state index >= 15 is 0 Å². The molecular formula is C29H20Cl2N2O2S. The summed E-state index contributed by atoms with van der Waals surface area (Å²) in [5, 5.41) is 1.57. The lowest BCUT2D eigenvalue weighted by Crippen LogP contribution is -2.28. The summed E-state index contributed by atoms with van der Waals surface area (Å²) in [7, 11) is 0. The highest BCUT2D eigenvalue weighted by Crippen LogP contribution is 2.38. The van der Waals surface area contributed by atoms with Crippen LogP contribution in [0.2, 0.25) is 10.0 Å². The number of amides is 1. The normalized spacial score (nSPS) is 15.6. The van der Waals surface area contributed by atoms with Crippen molar-refractivity contribution in [3.63, 3.8) is 0 Å². The molecule has 0 aromatic heterocycles. The van der Waals surface area contributed by atoms with E-state index in [4.69, 9.17) is 32.9 Å². The molecule has 1 amide bonds. The molecule has 4 aromatic carbocycles. The van der Waals surface area contributed by atoms with E-state index in [1.807, 2.05) is 97.1 Å². The minimum Gasteiger partial charge on any atom is -0.488 e. The first-order chi connectivity index (χ1) is 17.6. The van der Waals surface area contributed by atoms with Gasteiger partial charge in [0.2, 0.25) is 0 Å². The van der Waals surface area contributed by atoms with Gasteiger partial charge in [-0.1, -0.05) is 83.9 Å². The molecule has 4 aromatic rings. The summed E-state index contributed by atoms with van der Waals surface area (Å²) < 4.78 is 6.09. The highest BCUT2D eigenvalue weighted by Gasteiger charge is 2.34. The van der Waals surface area contributed by atoms with Crippen molar-refractivity contribution in [3.05, 3.63) is 129 Å². The fourth-order valence-electron chi connectivity index (χ4n) is 3.63. The second kappa shape index (κ2) is 11.0. The summed E-state index contributed by atoms with van der Waals surface area (Å²) >= 11 is 13.5. The van der Waals surface area contributed by atoms with E-state index in [9.17, 15) is 4.79 Å². The molecule has 0 aliphatic carbocycles. The second-order valence-corrected chi connectivity index (χ2v) is 9.72. The number of ether oxygens (including phenoxy) is 1. The zero-order valence-corrected chi connectivity index (χ0v) is 21.3. The van der Waals surface area contributed by atoms with E-state index in [-0.39, 0.29) is 5.91 Å². The summed E-state index contributed by atoms with van der Waals surface area (Å²) in [6.45, 7) is 0.315. The maximum atomic E-state index is 13.6. The van der Waals surface area contributed by atoms with Crippen LogP contribution < -0.4 is 9.64 Å². The Kier molecular flexibility index (Phi) is 7.42. The van der Waals surface area contributed by atoms with Gasteiger partial charge in [0.05, 0.1) is 26.3 Å². The van der Waals surface area contributed by atoms with Crippen LogP contribution in [0.5, 0.6) is 5.75 Å². The monoisotopic (exact) mass is 530 g/mol. The number of anilines is 1. The maximum absolute atomic E-state index is 13.6. The minimum absolute atomic E-state index is 0.139. The van der Waals surface area contributed by atoms with Gasteiger partial charge in [0, 0.05) is 5.56 Å². The Labute approximate surface area is 223 Å². The largest absolute Gasteiger partial charge is 0.488 e. The molecule has 1 saturated heterocycles. The zero-order chi connectivity index (χ0) is 24.9. The summed E-state index contributed by atoms with van der Waals surface area (Å²) in [5.41, 5.74) is 3.23. The zero-order valence-electron chi connectivity index (χ0n) is 19.0. The highest BCUT2D eigenvalue weighted by atomic mass is 35.5. The van der Waals surface area contributed by atoms with Gasteiger partial charge in [-0.05, 0) is 65.9 Å². The predicted octanol–water partition coefficient (Wildman–Crippen LogP) is 8.38. The summed E-state index contributed by atoms with van der Waals surface area (Å²) in [4.78, 5) is 20.5. The summed E-state index contributed by atoms with van der Waals surface area (Å²) in [6.07, 6.45) is 1.85. The van der Waals surface area contributed by atoms with Crippen LogP contribution in [0.25, 0.3) is 6.08 Å². The van der Waals surface area contributed by atoms with Gasteiger partial charge in [-0.25, -0.2) is 4.99 Å². The van der Waals surface area contributed by atoms with Gasteiger partial charge in [0.15, 0.2) is 5.17 Å². The molecule has 7 heteroatoms. The van der Waals surface area contributed by atoms with E-state index in [0.29, 0.717) is 32.5 Å². The van der Waals surface area contributed by atoms with E-state index in [1.165, 1.54) is 11.8 Å². The van der Waals surface area contributed by atoms with Crippen molar-refractivity contribution in [1.82, 2.24) is 0 Å². The number of amidine groups is 1. The van der Waals surface area contributed by atoms with Crippen molar-refractivity contribution >= 4 is 63.5 Å². The number of rotatable bonds is 6. The van der Waals surface area contributed by atoms with Gasteiger partial charge >= 0.3 is 0 Å². The molecule has 0 unspecified atom stereocenters. The Morgan fingerprint density at radius 2 is 1.53 bits per heavy atom. The fraction of sp³-hybridized carbons (Fsp3) is 0.0345. The topological polar surface area (TPSA) is 41.9 Å². The molecule has 0 N–H and O–H groups in total. The van der Waals surface area contributed by atoms with E-state index in [1.54, 1.807) is 17.0 Å². The molecule has 0 spiro atoms. The number of carbonyl (C=O) groups excluding carboxylic acids is 1. The third-order valence-corrected chi connectivity index (χ3v) is 7.09. The fourth-order valence-corrected chi connectivity index (χ4v) is 4.94. The molecule has 0 atom stereocenters. The molecule has 4 nitrogen and oxygen atoms in total. The van der Waals surface area contributed by atoms with Crippen LogP contribution in [0.15, 0.2) is 113 Å². The predicted molar refractivity (Wildman–Crippen MR) is 150 cm³/mol. The number of para-hydroxylation sites is 3. The van der Waals surface area contributed by atoms with E-state index < -0.39 is 0 Å². The third kappa shape index (κ3) is 5.49. The first-order valence-electron chi connectivity index (χ1n) is 11.2. The highest BCUT2D eigenvalue weighted by molar-refractivity contribution is 8.19. The summed E-state index contributed by atoms with van der Waals surface area (Å²) in [5.74, 6) is 0.518. The summed E-state index contributed by atoms with van der Waals surface area (Å²) in [6, 6.07) is 32.1. The molecule has 1 heterocycles. The van der Waals surface area contributed by atoms with Crippen molar-refractivity contribution in [3.8, 4) is 5.75 Å². The van der Waals surface area contributed by atoms with Crippen LogP contribution >= 0.6 is 35.0 Å². The number of hydrogen-bond acceptors (Lipinski definition) is 4. The molecule has 0 bridgehead atoms. The van der Waals surface area contributed by atoms with Crippen LogP contribution in [0, 0.1) is 0 Å². The molecule has 0 radical (unpaired) electrons. The molecule has 36 heavy (non-hydrogen) atoms. The van der Waals surface area contributed by atoms with Crippen LogP contribution in [0.3, 0.4) is 0 Å². The Hall–Kier alpha value is -3.51. The lowest BCUT2D eigenvalue weighted by molar-refractivity contribution is -0.113. The molecule has 1 aliphatic rings. The minimum atomic E-state index is -0.139. The van der Waals surface area contributed by atoms with Gasteiger partial charge in [-0.3, -0.25) is 9.69 Å². The quantitative estimate of drug-likeness (QED) is 0.235. The van der Waals surface area contributed by atoms with Crippen LogP contribution in [-0.4, -0.2) is 11.1 Å². The Balaban J connectivity index is 1.46. The van der Waals surface area contributed by atoms with E-state index in [2.05, 4.69) is 0 Å². The molecule has 1 aliphatic heterocycles. The lowest BCUT2D eigenvalue weighted by Gasteiger charge is -2.15. The average Bonchev–Trinajstić information content (AvgIpc) is 3.20. The Morgan fingerprint density at radius 1 is 0.833 bits per heavy atom. The van der Waals surface area contributed by atoms with Crippen LogP contribution in [0.4, 0.5) is 11.4 Å². The lowest BCUT2D eigenvalue weighted by atomic mass is 10.1. The van der Waals surface area contributed by atoms with Crippen molar-refractivity contribution in [2.45, 2.75) is 6.61 Å². The molecule has 5 rings (SSSR count). The van der Waals surface area contributed by atoms with Crippen molar-refractivity contribution in [2.24, 2.45) is 4.99 Å². The number of nitrogens with zero attached hydrogens (tertiary/aromatic N) is 2. The standard InChI is InChI=1S/C29H20Cl2N2O2S/c30-24-16-15-20(17-25(24)31)19-35-26-14-8-7-9-21(26)18-27-28(34)33(23-12-5-2-6-13-23)29(36-27)32-22-10-3-1-4-11-22/h1-18H,19H2/b27-18+,32-29?. The number of thioether (sulfide) groups is 1. The molecule has 0 saturated carbocycles. The number of carbonyl (C=O) groups is 1. The molecular weight excluding hydrogens is 511 g/mol. The number of benzene rings is 4. The van der Waals surface area contributed by atoms with Crippen molar-refractivity contribution in [1.29, 1.82) is 0 Å². The van der Waals surface area contributed by atoms with E-state index in [0.717, 1.165) is 22.5 Å². The van der Waals surface area contributed by atoms with Gasteiger partial charge in [0.25, 0.3) is 5.91 Å². The molecule has 178 valence electrons. The van der Waals surface area contributed by atoms with Gasteiger partial charge in [0.1, 0.15) is 12.4 Å². The van der Waals surface area contributed by atoms with Crippen LogP contribution in [-0.2, 0) is 11.4 Å². The number of halogens is 2. The first kappa shape index (κ1) is 24.2. The van der Waals surface area contributed by atoms with Gasteiger partial charge < -0.3 is 4.74 Å². The maximum Gasteiger partial charge on any atom is 0.271 e. The first-order valence-corrected chi connectivity index (χ1v) is 12.7. The molecule has 1 fully saturated rings. The van der Waals surface area contributed by atoms with Gasteiger partial charge in [-0.2, -0.15) is 0 Å². The SMILES string of the molecule is O=C1/C(=C\c2ccccc2OCc2ccc(Cl)c(Cl)c2)SC(=Nc2ccccc2)N1c1ccccc1. The average molecular weight is 531 g/mol. The van der Waals surface area contributed by atoms with Crippen molar-refractivity contribution < 1.29 is 9.53 Å². The second-order valence-electron chi connectivity index (χ2n) is 7.89. The van der Waals surface area contributed by atoms with Crippen molar-refractivity contribution in [2.75, 3.05) is 4.90 Å². The third-order valence-electron chi connectivity index (χ3n) is 5.39. The Bertz CT molecular complexity index is 1460. The van der Waals surface area contributed by atoms with Gasteiger partial charge in [-0.15, -0.1) is 0 Å². The Morgan fingerprint density at radius 3 is 2.28 bits per heavy atom. The number of hydrogen-bond donors (Lipinski definition) is 0. The number of aliphatic imine (C=N–C) groups is 1.